The van der Waals surface area contributed by atoms with Crippen molar-refractivity contribution in [2.24, 2.45) is 0 Å². The number of carboxylic acids is 1. The lowest BCUT2D eigenvalue weighted by molar-refractivity contribution is -0.136. The van der Waals surface area contributed by atoms with Crippen molar-refractivity contribution in [1.82, 2.24) is 19.7 Å². The highest BCUT2D eigenvalue weighted by Gasteiger charge is 2.07. The third-order valence-electron chi connectivity index (χ3n) is 2.40. The zero-order valence-electron chi connectivity index (χ0n) is 9.89. The molecule has 0 fully saturated rings. The van der Waals surface area contributed by atoms with Gasteiger partial charge in [-0.05, 0) is 6.07 Å². The van der Waals surface area contributed by atoms with Crippen molar-refractivity contribution in [3.8, 4) is 5.82 Å². The highest BCUT2D eigenvalue weighted by atomic mass is 16.4. The molecule has 18 heavy (non-hydrogen) atoms. The van der Waals surface area contributed by atoms with Gasteiger partial charge in [-0.25, -0.2) is 9.67 Å². The Hall–Kier alpha value is -2.44. The Morgan fingerprint density at radius 1 is 1.50 bits per heavy atom. The van der Waals surface area contributed by atoms with E-state index in [0.29, 0.717) is 18.2 Å². The van der Waals surface area contributed by atoms with Gasteiger partial charge in [0.25, 0.3) is 0 Å². The van der Waals surface area contributed by atoms with Crippen LogP contribution in [0.3, 0.4) is 0 Å². The molecule has 0 aliphatic carbocycles. The van der Waals surface area contributed by atoms with Gasteiger partial charge in [0, 0.05) is 26.0 Å². The van der Waals surface area contributed by atoms with Crippen molar-refractivity contribution in [2.45, 2.75) is 6.42 Å². The summed E-state index contributed by atoms with van der Waals surface area (Å²) in [4.78, 5) is 20.7. The van der Waals surface area contributed by atoms with Crippen molar-refractivity contribution >= 4 is 11.8 Å². The van der Waals surface area contributed by atoms with Crippen molar-refractivity contribution in [3.63, 3.8) is 0 Å². The Labute approximate surface area is 104 Å². The van der Waals surface area contributed by atoms with Crippen LogP contribution in [0.15, 0.2) is 30.9 Å². The highest BCUT2D eigenvalue weighted by Crippen LogP contribution is 2.10. The summed E-state index contributed by atoms with van der Waals surface area (Å²) in [6, 6.07) is 1.79. The molecule has 0 saturated heterocycles. The first-order chi connectivity index (χ1) is 8.66. The number of carboxylic acid groups (broad SMARTS) is 1. The molecule has 0 spiro atoms. The van der Waals surface area contributed by atoms with E-state index in [2.05, 4.69) is 15.1 Å². The minimum absolute atomic E-state index is 0.0597. The summed E-state index contributed by atoms with van der Waals surface area (Å²) < 4.78 is 1.60. The summed E-state index contributed by atoms with van der Waals surface area (Å²) in [6.07, 6.45) is 6.67. The average Bonchev–Trinajstić information content (AvgIpc) is 2.90. The van der Waals surface area contributed by atoms with E-state index in [0.717, 1.165) is 0 Å². The summed E-state index contributed by atoms with van der Waals surface area (Å²) in [5, 5.41) is 12.7. The van der Waals surface area contributed by atoms with E-state index in [4.69, 9.17) is 5.11 Å². The van der Waals surface area contributed by atoms with Crippen molar-refractivity contribution in [1.29, 1.82) is 0 Å². The molecule has 0 aliphatic heterocycles. The standard InChI is InChI=1S/C11H13N5O2/c1-15(6-3-11(17)18)9-7-12-8-10(14-9)16-5-2-4-13-16/h2,4-5,7-8H,3,6H2,1H3,(H,17,18). The number of aliphatic carboxylic acids is 1. The van der Waals surface area contributed by atoms with Gasteiger partial charge in [0.15, 0.2) is 5.82 Å². The van der Waals surface area contributed by atoms with E-state index in [1.807, 2.05) is 0 Å². The third-order valence-corrected chi connectivity index (χ3v) is 2.40. The quantitative estimate of drug-likeness (QED) is 0.831. The fourth-order valence-electron chi connectivity index (χ4n) is 1.42. The first-order valence-electron chi connectivity index (χ1n) is 5.42. The number of hydrogen-bond acceptors (Lipinski definition) is 5. The number of aromatic nitrogens is 4. The molecule has 2 aromatic heterocycles. The maximum Gasteiger partial charge on any atom is 0.305 e. The molecule has 0 atom stereocenters. The van der Waals surface area contributed by atoms with Crippen LogP contribution in [0.25, 0.3) is 5.82 Å². The lowest BCUT2D eigenvalue weighted by Crippen LogP contribution is -2.22. The monoisotopic (exact) mass is 247 g/mol. The van der Waals surface area contributed by atoms with Gasteiger partial charge in [-0.3, -0.25) is 9.78 Å². The van der Waals surface area contributed by atoms with Crippen LogP contribution in [0.4, 0.5) is 5.82 Å². The fourth-order valence-corrected chi connectivity index (χ4v) is 1.42. The maximum atomic E-state index is 10.5. The molecule has 7 heteroatoms. The van der Waals surface area contributed by atoms with Crippen LogP contribution in [0.1, 0.15) is 6.42 Å². The molecule has 0 saturated carbocycles. The topological polar surface area (TPSA) is 84.1 Å². The number of rotatable bonds is 5. The fraction of sp³-hybridized carbons (Fsp3) is 0.273. The first-order valence-corrected chi connectivity index (χ1v) is 5.42. The average molecular weight is 247 g/mol. The van der Waals surface area contributed by atoms with Gasteiger partial charge in [-0.15, -0.1) is 0 Å². The molecule has 1 N–H and O–H groups in total. The van der Waals surface area contributed by atoms with Gasteiger partial charge in [-0.1, -0.05) is 0 Å². The van der Waals surface area contributed by atoms with E-state index >= 15 is 0 Å². The predicted molar refractivity (Wildman–Crippen MR) is 64.7 cm³/mol. The zero-order valence-corrected chi connectivity index (χ0v) is 9.89. The molecule has 94 valence electrons. The van der Waals surface area contributed by atoms with Gasteiger partial charge in [0.2, 0.25) is 0 Å². The minimum Gasteiger partial charge on any atom is -0.481 e. The molecule has 2 heterocycles. The van der Waals surface area contributed by atoms with E-state index in [1.54, 1.807) is 47.5 Å². The molecule has 0 amide bonds. The molecule has 0 unspecified atom stereocenters. The summed E-state index contributed by atoms with van der Waals surface area (Å²) in [6.45, 7) is 0.382. The molecule has 0 aromatic carbocycles. The molecule has 0 aliphatic rings. The molecule has 2 rings (SSSR count). The Morgan fingerprint density at radius 2 is 2.33 bits per heavy atom. The lowest BCUT2D eigenvalue weighted by Gasteiger charge is -2.16. The van der Waals surface area contributed by atoms with Gasteiger partial charge in [0.1, 0.15) is 5.82 Å². The Balaban J connectivity index is 2.14. The van der Waals surface area contributed by atoms with Crippen LogP contribution in [-0.2, 0) is 4.79 Å². The second-order valence-electron chi connectivity index (χ2n) is 3.75. The van der Waals surface area contributed by atoms with Gasteiger partial charge in [-0.2, -0.15) is 5.10 Å². The molecule has 0 bridgehead atoms. The van der Waals surface area contributed by atoms with Crippen LogP contribution in [0, 0.1) is 0 Å². The van der Waals surface area contributed by atoms with Crippen LogP contribution in [0.5, 0.6) is 0 Å². The van der Waals surface area contributed by atoms with Crippen LogP contribution >= 0.6 is 0 Å². The molecule has 2 aromatic rings. The normalized spacial score (nSPS) is 10.3. The number of anilines is 1. The highest BCUT2D eigenvalue weighted by molar-refractivity contribution is 5.67. The van der Waals surface area contributed by atoms with Crippen molar-refractivity contribution < 1.29 is 9.90 Å². The number of nitrogens with zero attached hydrogens (tertiary/aromatic N) is 5. The zero-order chi connectivity index (χ0) is 13.0. The minimum atomic E-state index is -0.835. The van der Waals surface area contributed by atoms with Gasteiger partial charge >= 0.3 is 5.97 Å². The van der Waals surface area contributed by atoms with Crippen LogP contribution in [-0.4, -0.2) is 44.4 Å². The Bertz CT molecular complexity index is 526. The summed E-state index contributed by atoms with van der Waals surface area (Å²) >= 11 is 0. The Morgan fingerprint density at radius 3 is 3.00 bits per heavy atom. The van der Waals surface area contributed by atoms with Gasteiger partial charge in [0.05, 0.1) is 18.8 Å². The van der Waals surface area contributed by atoms with Crippen LogP contribution < -0.4 is 4.90 Å². The molecular weight excluding hydrogens is 234 g/mol. The van der Waals surface area contributed by atoms with Crippen LogP contribution in [0.2, 0.25) is 0 Å². The maximum absolute atomic E-state index is 10.5. The predicted octanol–water partition coefficient (Wildman–Crippen LogP) is 0.573. The number of hydrogen-bond donors (Lipinski definition) is 1. The second-order valence-corrected chi connectivity index (χ2v) is 3.75. The van der Waals surface area contributed by atoms with Crippen molar-refractivity contribution in [2.75, 3.05) is 18.5 Å². The first kappa shape index (κ1) is 12.0. The summed E-state index contributed by atoms with van der Waals surface area (Å²) in [5.41, 5.74) is 0. The third kappa shape index (κ3) is 2.82. The van der Waals surface area contributed by atoms with E-state index in [-0.39, 0.29) is 6.42 Å². The summed E-state index contributed by atoms with van der Waals surface area (Å²) in [7, 11) is 1.78. The van der Waals surface area contributed by atoms with E-state index in [1.165, 1.54) is 0 Å². The van der Waals surface area contributed by atoms with Crippen molar-refractivity contribution in [3.05, 3.63) is 30.9 Å². The number of carbonyl (C=O) groups is 1. The Kier molecular flexibility index (Phi) is 3.52. The molecule has 7 nitrogen and oxygen atoms in total. The van der Waals surface area contributed by atoms with E-state index < -0.39 is 5.97 Å². The smallest absolute Gasteiger partial charge is 0.305 e. The lowest BCUT2D eigenvalue weighted by atomic mass is 10.4. The largest absolute Gasteiger partial charge is 0.481 e. The molecular formula is C11H13N5O2. The second kappa shape index (κ2) is 5.26. The van der Waals surface area contributed by atoms with Gasteiger partial charge < -0.3 is 10.0 Å². The van der Waals surface area contributed by atoms with E-state index in [9.17, 15) is 4.79 Å². The molecule has 0 radical (unpaired) electrons. The SMILES string of the molecule is CN(CCC(=O)O)c1cncc(-n2cccn2)n1. The summed E-state index contributed by atoms with van der Waals surface area (Å²) in [5.74, 6) is 0.377.